The van der Waals surface area contributed by atoms with Crippen molar-refractivity contribution < 1.29 is 9.53 Å². The minimum absolute atomic E-state index is 0.189. The molecule has 2 aromatic carbocycles. The summed E-state index contributed by atoms with van der Waals surface area (Å²) in [6, 6.07) is 10.7. The van der Waals surface area contributed by atoms with Gasteiger partial charge in [0.05, 0.1) is 0 Å². The molecule has 1 amide bonds. The number of aryl methyl sites for hydroxylation is 2. The first-order chi connectivity index (χ1) is 10.9. The first kappa shape index (κ1) is 17.6. The van der Waals surface area contributed by atoms with E-state index >= 15 is 0 Å². The van der Waals surface area contributed by atoms with Crippen LogP contribution in [0.1, 0.15) is 24.5 Å². The van der Waals surface area contributed by atoms with E-state index in [1.54, 1.807) is 24.3 Å². The summed E-state index contributed by atoms with van der Waals surface area (Å²) in [5, 5.41) is 4.20. The zero-order valence-corrected chi connectivity index (χ0v) is 14.8. The van der Waals surface area contributed by atoms with Gasteiger partial charge in [-0.3, -0.25) is 4.79 Å². The lowest BCUT2D eigenvalue weighted by Crippen LogP contribution is -2.32. The van der Waals surface area contributed by atoms with Gasteiger partial charge in [-0.1, -0.05) is 30.1 Å². The van der Waals surface area contributed by atoms with Gasteiger partial charge < -0.3 is 10.1 Å². The zero-order chi connectivity index (χ0) is 17.0. The van der Waals surface area contributed by atoms with Gasteiger partial charge in [0.15, 0.2) is 6.10 Å². The highest BCUT2D eigenvalue weighted by Crippen LogP contribution is 2.24. The number of nitrogens with one attached hydrogen (secondary N) is 1. The van der Waals surface area contributed by atoms with Crippen LogP contribution in [0, 0.1) is 13.8 Å². The second kappa shape index (κ2) is 7.71. The summed E-state index contributed by atoms with van der Waals surface area (Å²) in [5.41, 5.74) is 2.55. The number of hydrogen-bond acceptors (Lipinski definition) is 2. The fourth-order valence-corrected chi connectivity index (χ4v) is 2.50. The van der Waals surface area contributed by atoms with Crippen molar-refractivity contribution in [2.75, 3.05) is 5.32 Å². The maximum Gasteiger partial charge on any atom is 0.265 e. The monoisotopic (exact) mass is 351 g/mol. The van der Waals surface area contributed by atoms with E-state index in [2.05, 4.69) is 5.32 Å². The molecule has 1 N–H and O–H groups in total. The Hall–Kier alpha value is -1.71. The van der Waals surface area contributed by atoms with Gasteiger partial charge in [0.25, 0.3) is 5.91 Å². The van der Waals surface area contributed by atoms with Crippen LogP contribution in [0.4, 0.5) is 5.69 Å². The van der Waals surface area contributed by atoms with Crippen LogP contribution in [-0.4, -0.2) is 12.0 Å². The fraction of sp³-hybridized carbons (Fsp3) is 0.278. The molecule has 0 aliphatic carbocycles. The summed E-state index contributed by atoms with van der Waals surface area (Å²) in [5.74, 6) is 0.437. The molecule has 0 saturated carbocycles. The second-order valence-corrected chi connectivity index (χ2v) is 6.22. The van der Waals surface area contributed by atoms with E-state index in [-0.39, 0.29) is 5.91 Å². The van der Waals surface area contributed by atoms with E-state index in [0.717, 1.165) is 16.8 Å². The normalized spacial score (nSPS) is 11.9. The average Bonchev–Trinajstić information content (AvgIpc) is 2.51. The lowest BCUT2D eigenvalue weighted by atomic mass is 10.2. The second-order valence-electron chi connectivity index (χ2n) is 5.37. The summed E-state index contributed by atoms with van der Waals surface area (Å²) in [6.07, 6.45) is -0.0224. The average molecular weight is 352 g/mol. The third-order valence-electron chi connectivity index (χ3n) is 3.52. The SMILES string of the molecule is CC[C@@H](Oc1ccc(Cl)c(C)c1)C(=O)Nc1ccc(Cl)cc1C. The number of amides is 1. The Morgan fingerprint density at radius 1 is 1.13 bits per heavy atom. The number of ether oxygens (including phenoxy) is 1. The molecule has 5 heteroatoms. The van der Waals surface area contributed by atoms with Gasteiger partial charge >= 0.3 is 0 Å². The lowest BCUT2D eigenvalue weighted by molar-refractivity contribution is -0.122. The minimum atomic E-state index is -0.578. The third kappa shape index (κ3) is 4.63. The predicted molar refractivity (Wildman–Crippen MR) is 95.7 cm³/mol. The lowest BCUT2D eigenvalue weighted by Gasteiger charge is -2.18. The van der Waals surface area contributed by atoms with Gasteiger partial charge in [0.1, 0.15) is 5.75 Å². The van der Waals surface area contributed by atoms with Crippen LogP contribution in [0.2, 0.25) is 10.0 Å². The Balaban J connectivity index is 2.10. The van der Waals surface area contributed by atoms with Gasteiger partial charge in [-0.05, 0) is 67.8 Å². The molecule has 1 atom stereocenters. The Morgan fingerprint density at radius 2 is 1.87 bits per heavy atom. The molecule has 0 fully saturated rings. The summed E-state index contributed by atoms with van der Waals surface area (Å²) < 4.78 is 5.80. The van der Waals surface area contributed by atoms with Gasteiger partial charge in [0, 0.05) is 15.7 Å². The molecule has 3 nitrogen and oxygen atoms in total. The van der Waals surface area contributed by atoms with Crippen molar-refractivity contribution in [3.05, 3.63) is 57.6 Å². The molecule has 122 valence electrons. The molecule has 0 unspecified atom stereocenters. The zero-order valence-electron chi connectivity index (χ0n) is 13.3. The number of halogens is 2. The number of anilines is 1. The van der Waals surface area contributed by atoms with Crippen molar-refractivity contribution in [3.8, 4) is 5.75 Å². The topological polar surface area (TPSA) is 38.3 Å². The molecule has 0 aliphatic heterocycles. The highest BCUT2D eigenvalue weighted by Gasteiger charge is 2.19. The molecule has 0 heterocycles. The van der Waals surface area contributed by atoms with Crippen LogP contribution < -0.4 is 10.1 Å². The van der Waals surface area contributed by atoms with Crippen LogP contribution >= 0.6 is 23.2 Å². The van der Waals surface area contributed by atoms with E-state index < -0.39 is 6.10 Å². The Kier molecular flexibility index (Phi) is 5.91. The number of rotatable bonds is 5. The summed E-state index contributed by atoms with van der Waals surface area (Å²) in [4.78, 5) is 12.4. The highest BCUT2D eigenvalue weighted by atomic mass is 35.5. The largest absolute Gasteiger partial charge is 0.481 e. The molecule has 0 spiro atoms. The maximum atomic E-state index is 12.4. The van der Waals surface area contributed by atoms with Crippen LogP contribution in [0.3, 0.4) is 0 Å². The van der Waals surface area contributed by atoms with Crippen molar-refractivity contribution in [2.24, 2.45) is 0 Å². The van der Waals surface area contributed by atoms with Gasteiger partial charge in [0.2, 0.25) is 0 Å². The fourth-order valence-electron chi connectivity index (χ4n) is 2.16. The quantitative estimate of drug-likeness (QED) is 0.782. The molecule has 2 aromatic rings. The van der Waals surface area contributed by atoms with Gasteiger partial charge in [-0.2, -0.15) is 0 Å². The molecular weight excluding hydrogens is 333 g/mol. The van der Waals surface area contributed by atoms with E-state index in [1.165, 1.54) is 0 Å². The third-order valence-corrected chi connectivity index (χ3v) is 4.18. The first-order valence-electron chi connectivity index (χ1n) is 7.40. The number of carbonyl (C=O) groups is 1. The first-order valence-corrected chi connectivity index (χ1v) is 8.16. The van der Waals surface area contributed by atoms with Crippen molar-refractivity contribution in [1.29, 1.82) is 0 Å². The van der Waals surface area contributed by atoms with Crippen molar-refractivity contribution in [2.45, 2.75) is 33.3 Å². The highest BCUT2D eigenvalue weighted by molar-refractivity contribution is 6.31. The van der Waals surface area contributed by atoms with Crippen molar-refractivity contribution >= 4 is 34.8 Å². The molecule has 0 saturated heterocycles. The smallest absolute Gasteiger partial charge is 0.265 e. The van der Waals surface area contributed by atoms with Gasteiger partial charge in [-0.25, -0.2) is 0 Å². The van der Waals surface area contributed by atoms with E-state index in [9.17, 15) is 4.79 Å². The van der Waals surface area contributed by atoms with Crippen molar-refractivity contribution in [3.63, 3.8) is 0 Å². The molecule has 0 aliphatic rings. The maximum absolute atomic E-state index is 12.4. The molecule has 0 bridgehead atoms. The minimum Gasteiger partial charge on any atom is -0.481 e. The Bertz CT molecular complexity index is 716. The van der Waals surface area contributed by atoms with E-state index in [4.69, 9.17) is 27.9 Å². The Labute approximate surface area is 146 Å². The molecule has 0 aromatic heterocycles. The van der Waals surface area contributed by atoms with Gasteiger partial charge in [-0.15, -0.1) is 0 Å². The van der Waals surface area contributed by atoms with Crippen LogP contribution in [0.5, 0.6) is 5.75 Å². The number of carbonyl (C=O) groups excluding carboxylic acids is 1. The molecular formula is C18H19Cl2NO2. The number of hydrogen-bond donors (Lipinski definition) is 1. The molecule has 23 heavy (non-hydrogen) atoms. The van der Waals surface area contributed by atoms with Crippen LogP contribution in [0.25, 0.3) is 0 Å². The van der Waals surface area contributed by atoms with Crippen molar-refractivity contribution in [1.82, 2.24) is 0 Å². The molecule has 2 rings (SSSR count). The van der Waals surface area contributed by atoms with Crippen LogP contribution in [0.15, 0.2) is 36.4 Å². The summed E-state index contributed by atoms with van der Waals surface area (Å²) >= 11 is 11.9. The Morgan fingerprint density at radius 3 is 2.48 bits per heavy atom. The predicted octanol–water partition coefficient (Wildman–Crippen LogP) is 5.41. The summed E-state index contributed by atoms with van der Waals surface area (Å²) in [6.45, 7) is 5.70. The number of benzene rings is 2. The van der Waals surface area contributed by atoms with E-state index in [0.29, 0.717) is 22.2 Å². The van der Waals surface area contributed by atoms with Crippen LogP contribution in [-0.2, 0) is 4.79 Å². The molecule has 0 radical (unpaired) electrons. The summed E-state index contributed by atoms with van der Waals surface area (Å²) in [7, 11) is 0. The van der Waals surface area contributed by atoms with E-state index in [1.807, 2.05) is 32.9 Å². The standard InChI is InChI=1S/C18H19Cl2NO2/c1-4-17(23-14-6-7-15(20)11(2)10-14)18(22)21-16-8-5-13(19)9-12(16)3/h5-10,17H,4H2,1-3H3,(H,21,22)/t17-/m1/s1.